The number of benzene rings is 10. The molecule has 0 radical (unpaired) electrons. The van der Waals surface area contributed by atoms with E-state index in [1.54, 1.807) is 0 Å². The van der Waals surface area contributed by atoms with Gasteiger partial charge in [0.25, 0.3) is 0 Å². The summed E-state index contributed by atoms with van der Waals surface area (Å²) in [5.74, 6) is 0. The van der Waals surface area contributed by atoms with Crippen LogP contribution in [0.4, 0.5) is 13.2 Å². The fourth-order valence-corrected chi connectivity index (χ4v) is 10.9. The van der Waals surface area contributed by atoms with Gasteiger partial charge < -0.3 is 9.13 Å². The third-order valence-corrected chi connectivity index (χ3v) is 14.4. The second kappa shape index (κ2) is 17.7. The van der Waals surface area contributed by atoms with E-state index in [1.807, 2.05) is 36.4 Å². The minimum Gasteiger partial charge on any atom is -0.308 e. The average molecular weight is 963 g/mol. The lowest BCUT2D eigenvalue weighted by molar-refractivity contribution is -0.137. The topological polar surface area (TPSA) is 57.4 Å². The third kappa shape index (κ3) is 7.87. The summed E-state index contributed by atoms with van der Waals surface area (Å²) in [5, 5.41) is 26.1. The molecule has 354 valence electrons. The van der Waals surface area contributed by atoms with Crippen molar-refractivity contribution in [3.05, 3.63) is 239 Å². The highest BCUT2D eigenvalue weighted by atomic mass is 19.4. The molecule has 0 saturated carbocycles. The highest BCUT2D eigenvalue weighted by Gasteiger charge is 2.33. The first kappa shape index (κ1) is 45.7. The number of alkyl halides is 3. The zero-order chi connectivity index (χ0) is 51.0. The van der Waals surface area contributed by atoms with E-state index in [0.29, 0.717) is 22.5 Å². The number of hydrogen-bond donors (Lipinski definition) is 0. The first-order valence-electron chi connectivity index (χ1n) is 24.5. The fraction of sp³-hybridized carbons (Fsp3) is 0.0746. The summed E-state index contributed by atoms with van der Waals surface area (Å²) in [5.41, 5.74) is 16.7. The molecule has 0 aliphatic heterocycles. The molecule has 12 rings (SSSR count). The minimum atomic E-state index is -4.71. The molecule has 0 fully saturated rings. The van der Waals surface area contributed by atoms with Crippen LogP contribution in [0.25, 0.3) is 111 Å². The Morgan fingerprint density at radius 2 is 0.703 bits per heavy atom. The average Bonchev–Trinajstić information content (AvgIpc) is 3.94. The predicted molar refractivity (Wildman–Crippen MR) is 296 cm³/mol. The molecule has 10 aromatic carbocycles. The van der Waals surface area contributed by atoms with E-state index in [9.17, 15) is 23.7 Å². The smallest absolute Gasteiger partial charge is 0.308 e. The van der Waals surface area contributed by atoms with Gasteiger partial charge in [0.15, 0.2) is 0 Å². The fourth-order valence-electron chi connectivity index (χ4n) is 10.9. The van der Waals surface area contributed by atoms with Gasteiger partial charge in [0.1, 0.15) is 0 Å². The van der Waals surface area contributed by atoms with Gasteiger partial charge in [-0.05, 0) is 121 Å². The Balaban J connectivity index is 1.28. The molecule has 0 unspecified atom stereocenters. The van der Waals surface area contributed by atoms with Crippen LogP contribution in [0.3, 0.4) is 0 Å². The summed E-state index contributed by atoms with van der Waals surface area (Å²) >= 11 is 0. The molecule has 2 heterocycles. The van der Waals surface area contributed by atoms with Crippen molar-refractivity contribution in [2.75, 3.05) is 0 Å². The van der Waals surface area contributed by atoms with Crippen molar-refractivity contribution in [3.8, 4) is 79.1 Å². The quantitative estimate of drug-likeness (QED) is 0.160. The van der Waals surface area contributed by atoms with Crippen molar-refractivity contribution in [2.24, 2.45) is 0 Å². The number of nitriles is 2. The molecule has 7 heteroatoms. The predicted octanol–water partition coefficient (Wildman–Crippen LogP) is 18.2. The van der Waals surface area contributed by atoms with E-state index in [-0.39, 0.29) is 11.1 Å². The Bertz CT molecular complexity index is 3940. The van der Waals surface area contributed by atoms with E-state index in [4.69, 9.17) is 0 Å². The van der Waals surface area contributed by atoms with E-state index >= 15 is 0 Å². The molecule has 74 heavy (non-hydrogen) atoms. The van der Waals surface area contributed by atoms with Gasteiger partial charge in [0, 0.05) is 32.7 Å². The third-order valence-electron chi connectivity index (χ3n) is 14.4. The summed E-state index contributed by atoms with van der Waals surface area (Å²) in [4.78, 5) is 0. The molecule has 0 N–H and O–H groups in total. The Hall–Kier alpha value is -9.43. The molecule has 0 aliphatic rings. The molecule has 0 saturated heterocycles. The highest BCUT2D eigenvalue weighted by Crippen LogP contribution is 2.47. The Morgan fingerprint density at radius 1 is 0.365 bits per heavy atom. The van der Waals surface area contributed by atoms with E-state index in [2.05, 4.69) is 195 Å². The van der Waals surface area contributed by atoms with Crippen LogP contribution < -0.4 is 0 Å². The van der Waals surface area contributed by atoms with Gasteiger partial charge >= 0.3 is 6.18 Å². The van der Waals surface area contributed by atoms with Gasteiger partial charge in [-0.3, -0.25) is 0 Å². The van der Waals surface area contributed by atoms with E-state index in [1.165, 1.54) is 6.07 Å². The van der Waals surface area contributed by atoms with Crippen molar-refractivity contribution >= 4 is 43.6 Å². The molecule has 12 aromatic rings. The minimum absolute atomic E-state index is 0.157. The van der Waals surface area contributed by atoms with Crippen molar-refractivity contribution in [3.63, 3.8) is 0 Å². The number of aryl methyl sites for hydroxylation is 4. The summed E-state index contributed by atoms with van der Waals surface area (Å²) in [7, 11) is 0. The van der Waals surface area contributed by atoms with E-state index in [0.717, 1.165) is 123 Å². The summed E-state index contributed by atoms with van der Waals surface area (Å²) in [6.45, 7) is 8.25. The van der Waals surface area contributed by atoms with Gasteiger partial charge in [-0.25, -0.2) is 0 Å². The zero-order valence-electron chi connectivity index (χ0n) is 41.0. The maximum atomic E-state index is 14.7. The van der Waals surface area contributed by atoms with Crippen LogP contribution in [0.2, 0.25) is 0 Å². The molecule has 4 nitrogen and oxygen atoms in total. The number of hydrogen-bond acceptors (Lipinski definition) is 2. The number of fused-ring (bicyclic) bond motifs is 6. The van der Waals surface area contributed by atoms with Gasteiger partial charge in [-0.15, -0.1) is 0 Å². The monoisotopic (exact) mass is 962 g/mol. The van der Waals surface area contributed by atoms with Crippen LogP contribution in [-0.4, -0.2) is 9.13 Å². The second-order valence-corrected chi connectivity index (χ2v) is 19.4. The SMILES string of the molecule is Cc1cccc(-c2ccc3c4ccc(-c5cccc(C)c5)cc4n(-c4cc(C#N)cc(-n5c6cc(-c7cccc(C)c7)ccc6c6ccc(-c7cccc(C)c7)cc65)c4-c4ccc(C(F)(F)F)cc4C#N)c3c2)c1. The van der Waals surface area contributed by atoms with Crippen LogP contribution in [-0.2, 0) is 6.18 Å². The molecular formula is C67H45F3N4. The largest absolute Gasteiger partial charge is 0.416 e. The molecule has 0 aliphatic carbocycles. The van der Waals surface area contributed by atoms with E-state index < -0.39 is 11.7 Å². The Kier molecular flexibility index (Phi) is 10.9. The molecule has 0 atom stereocenters. The van der Waals surface area contributed by atoms with Crippen LogP contribution >= 0.6 is 0 Å². The normalized spacial score (nSPS) is 11.7. The number of rotatable bonds is 7. The van der Waals surface area contributed by atoms with Crippen LogP contribution in [0.1, 0.15) is 38.9 Å². The van der Waals surface area contributed by atoms with Gasteiger partial charge in [-0.2, -0.15) is 23.7 Å². The van der Waals surface area contributed by atoms with Crippen molar-refractivity contribution in [2.45, 2.75) is 33.9 Å². The Morgan fingerprint density at radius 3 is 1.00 bits per heavy atom. The van der Waals surface area contributed by atoms with Crippen LogP contribution in [0.15, 0.2) is 200 Å². The van der Waals surface area contributed by atoms with Crippen LogP contribution in [0.5, 0.6) is 0 Å². The first-order valence-corrected chi connectivity index (χ1v) is 24.5. The van der Waals surface area contributed by atoms with Gasteiger partial charge in [-0.1, -0.05) is 174 Å². The van der Waals surface area contributed by atoms with Gasteiger partial charge in [0.2, 0.25) is 0 Å². The maximum absolute atomic E-state index is 14.7. The van der Waals surface area contributed by atoms with Crippen LogP contribution in [0, 0.1) is 50.4 Å². The van der Waals surface area contributed by atoms with Crippen molar-refractivity contribution < 1.29 is 13.2 Å². The lowest BCUT2D eigenvalue weighted by Crippen LogP contribution is -2.08. The number of nitrogens with zero attached hydrogens (tertiary/aromatic N) is 4. The zero-order valence-corrected chi connectivity index (χ0v) is 41.0. The van der Waals surface area contributed by atoms with Crippen molar-refractivity contribution in [1.29, 1.82) is 10.5 Å². The molecular weight excluding hydrogens is 918 g/mol. The Labute approximate surface area is 426 Å². The standard InChI is InChI=1S/C67H45F3N4/c1-40-9-5-13-45(27-40)49-17-22-56-57-23-18-50(46-14-6-10-41(2)28-46)35-61(57)73(60(56)34-49)64-31-44(38-71)32-65(66(64)55-26-21-54(67(68,69)70)33-53(55)39-72)74-62-36-51(47-15-7-11-42(3)29-47)19-24-58(62)59-25-20-52(37-63(59)74)48-16-8-12-43(4)30-48/h5-37H,1-4H3. The summed E-state index contributed by atoms with van der Waals surface area (Å²) < 4.78 is 48.4. The highest BCUT2D eigenvalue weighted by molar-refractivity contribution is 6.14. The lowest BCUT2D eigenvalue weighted by atomic mass is 9.93. The molecule has 2 aromatic heterocycles. The number of halogens is 3. The second-order valence-electron chi connectivity index (χ2n) is 19.4. The lowest BCUT2D eigenvalue weighted by Gasteiger charge is -2.22. The summed E-state index contributed by atoms with van der Waals surface area (Å²) in [6.07, 6.45) is -4.71. The van der Waals surface area contributed by atoms with Gasteiger partial charge in [0.05, 0.1) is 62.3 Å². The molecule has 0 amide bonds. The molecule has 0 spiro atoms. The maximum Gasteiger partial charge on any atom is 0.416 e. The number of aromatic nitrogens is 2. The first-order chi connectivity index (χ1) is 35.8. The van der Waals surface area contributed by atoms with Crippen molar-refractivity contribution in [1.82, 2.24) is 9.13 Å². The summed E-state index contributed by atoms with van der Waals surface area (Å²) in [6, 6.07) is 70.6. The molecule has 0 bridgehead atoms.